The number of piperidine rings is 3. The molecule has 0 aromatic heterocycles. The summed E-state index contributed by atoms with van der Waals surface area (Å²) in [6, 6.07) is 56.5. The van der Waals surface area contributed by atoms with E-state index < -0.39 is 50.4 Å². The molecule has 6 fully saturated rings. The van der Waals surface area contributed by atoms with E-state index in [4.69, 9.17) is 0 Å². The van der Waals surface area contributed by atoms with Gasteiger partial charge in [-0.3, -0.25) is 14.4 Å². The minimum Gasteiger partial charge on any atom is -0.481 e. The van der Waals surface area contributed by atoms with Crippen molar-refractivity contribution in [2.45, 2.75) is 168 Å². The van der Waals surface area contributed by atoms with E-state index in [1.807, 2.05) is 112 Å². The maximum Gasteiger partial charge on any atom is 0.314 e. The first-order valence-electron chi connectivity index (χ1n) is 33.3. The normalized spacial score (nSPS) is 31.6. The van der Waals surface area contributed by atoms with Gasteiger partial charge in [-0.25, -0.2) is 13.2 Å². The van der Waals surface area contributed by atoms with Crippen molar-refractivity contribution in [3.8, 4) is 18.2 Å². The summed E-state index contributed by atoms with van der Waals surface area (Å²) in [6.45, 7) is 10.6. The topological polar surface area (TPSA) is 193 Å². The maximum atomic E-state index is 13.3. The highest BCUT2D eigenvalue weighted by Gasteiger charge is 2.53. The van der Waals surface area contributed by atoms with Crippen LogP contribution in [0.25, 0.3) is 0 Å². The third-order valence-electron chi connectivity index (χ3n) is 23.2. The Hall–Kier alpha value is -8.13. The van der Waals surface area contributed by atoms with Gasteiger partial charge < -0.3 is 30.0 Å². The molecule has 6 aromatic carbocycles. The van der Waals surface area contributed by atoms with Crippen molar-refractivity contribution < 1.29 is 42.9 Å². The molecule has 3 heterocycles. The van der Waals surface area contributed by atoms with E-state index in [1.165, 1.54) is 36.4 Å². The molecule has 3 aliphatic carbocycles. The van der Waals surface area contributed by atoms with Crippen LogP contribution in [0.5, 0.6) is 0 Å². The summed E-state index contributed by atoms with van der Waals surface area (Å²) in [5.41, 5.74) is 1.14. The summed E-state index contributed by atoms with van der Waals surface area (Å²) in [4.78, 5) is 44.5. The molecule has 12 rings (SSSR count). The number of hydrogen-bond acceptors (Lipinski definition) is 9. The van der Waals surface area contributed by atoms with Crippen LogP contribution >= 0.6 is 0 Å². The first kappa shape index (κ1) is 67.8. The van der Waals surface area contributed by atoms with Crippen LogP contribution in [0.2, 0.25) is 0 Å². The molecule has 0 bridgehead atoms. The number of rotatable bonds is 12. The zero-order valence-corrected chi connectivity index (χ0v) is 53.8. The van der Waals surface area contributed by atoms with Gasteiger partial charge in [-0.05, 0) is 203 Å². The molecule has 0 amide bonds. The summed E-state index contributed by atoms with van der Waals surface area (Å²) < 4.78 is 40.0. The lowest BCUT2D eigenvalue weighted by Gasteiger charge is -2.48. The number of halogens is 3. The lowest BCUT2D eigenvalue weighted by molar-refractivity contribution is -0.150. The number of nitriles is 3. The van der Waals surface area contributed by atoms with Crippen molar-refractivity contribution in [3.63, 3.8) is 0 Å². The summed E-state index contributed by atoms with van der Waals surface area (Å²) in [6.07, 6.45) is 11.6. The number of benzene rings is 6. The van der Waals surface area contributed by atoms with Gasteiger partial charge in [0.2, 0.25) is 0 Å². The molecule has 6 atom stereocenters. The Morgan fingerprint density at radius 2 is 0.570 bits per heavy atom. The molecule has 12 nitrogen and oxygen atoms in total. The summed E-state index contributed by atoms with van der Waals surface area (Å²) in [5, 5.41) is 60.3. The first-order chi connectivity index (χ1) is 44.7. The first-order valence-corrected chi connectivity index (χ1v) is 33.3. The van der Waals surface area contributed by atoms with Crippen molar-refractivity contribution in [2.24, 2.45) is 17.8 Å². The SMILES string of the molecule is C[C@@H]1CN([C@H]2CC[C@](C#N)(c3ccc(F)cc3)CC2)CC[C@]1(C(=O)O)c1ccccc1.C[C@@H]1CN([C@H]2CC[C@](C#N)(c3ccc(F)cc3)CC2)CC[C@]1(C(=O)O)c1ccccc1.C[C@@H]1CN([C@H]2CC[C@](C#N)(c3ccc(F)cc3)CC2)CC[C@]1(C(=O)O)c1ccccc1. The van der Waals surface area contributed by atoms with Gasteiger partial charge in [0.05, 0.1) is 50.7 Å². The van der Waals surface area contributed by atoms with Crippen molar-refractivity contribution in [2.75, 3.05) is 39.3 Å². The predicted octanol–water partition coefficient (Wildman–Crippen LogP) is 14.7. The average molecular weight is 1260 g/mol. The fourth-order valence-electron chi connectivity index (χ4n) is 17.4. The van der Waals surface area contributed by atoms with Crippen molar-refractivity contribution >= 4 is 17.9 Å². The quantitative estimate of drug-likeness (QED) is 0.105. The van der Waals surface area contributed by atoms with Gasteiger partial charge in [-0.1, -0.05) is 148 Å². The third-order valence-corrected chi connectivity index (χ3v) is 23.2. The molecule has 0 unspecified atom stereocenters. The van der Waals surface area contributed by atoms with Gasteiger partial charge in [0.15, 0.2) is 0 Å². The van der Waals surface area contributed by atoms with E-state index in [9.17, 15) is 58.7 Å². The Morgan fingerprint density at radius 1 is 0.355 bits per heavy atom. The molecule has 3 saturated heterocycles. The van der Waals surface area contributed by atoms with E-state index in [0.29, 0.717) is 37.4 Å². The van der Waals surface area contributed by atoms with E-state index >= 15 is 0 Å². The van der Waals surface area contributed by atoms with Crippen LogP contribution < -0.4 is 0 Å². The average Bonchev–Trinajstić information content (AvgIpc) is 0.779. The Kier molecular flexibility index (Phi) is 20.8. The number of carboxylic acid groups (broad SMARTS) is 3. The van der Waals surface area contributed by atoms with Crippen LogP contribution in [0.1, 0.15) is 150 Å². The Morgan fingerprint density at radius 3 is 0.753 bits per heavy atom. The zero-order chi connectivity index (χ0) is 66.2. The summed E-state index contributed by atoms with van der Waals surface area (Å²) >= 11 is 0. The zero-order valence-electron chi connectivity index (χ0n) is 53.8. The van der Waals surface area contributed by atoms with Crippen molar-refractivity contribution in [1.29, 1.82) is 15.8 Å². The standard InChI is InChI=1S/3C26H29FN2O2/c3*1-19-17-29(16-15-26(19,24(30)31)21-5-3-2-4-6-21)23-11-13-25(18-28,14-12-23)20-7-9-22(27)10-8-20/h3*2-10,19,23H,11-17H2,1H3,(H,30,31)/t3*19-,23-,25-,26-/m111/s1. The van der Waals surface area contributed by atoms with Crippen LogP contribution in [-0.4, -0.2) is 105 Å². The fourth-order valence-corrected chi connectivity index (χ4v) is 17.4. The minimum absolute atomic E-state index is 0.0131. The van der Waals surface area contributed by atoms with Gasteiger partial charge in [-0.2, -0.15) is 15.8 Å². The highest BCUT2D eigenvalue weighted by molar-refractivity contribution is 5.83. The van der Waals surface area contributed by atoms with Crippen molar-refractivity contribution in [1.82, 2.24) is 14.7 Å². The van der Waals surface area contributed by atoms with E-state index in [0.717, 1.165) is 150 Å². The number of carbonyl (C=O) groups is 3. The van der Waals surface area contributed by atoms with Crippen LogP contribution in [0.4, 0.5) is 13.2 Å². The molecule has 6 aliphatic rings. The molecule has 3 saturated carbocycles. The molecule has 486 valence electrons. The summed E-state index contributed by atoms with van der Waals surface area (Å²) in [7, 11) is 0. The second-order valence-electron chi connectivity index (χ2n) is 27.7. The van der Waals surface area contributed by atoms with E-state index in [2.05, 4.69) is 32.9 Å². The molecule has 93 heavy (non-hydrogen) atoms. The lowest BCUT2D eigenvalue weighted by Crippen LogP contribution is -2.56. The highest BCUT2D eigenvalue weighted by Crippen LogP contribution is 2.49. The molecule has 15 heteroatoms. The van der Waals surface area contributed by atoms with E-state index in [-0.39, 0.29) is 35.2 Å². The number of aliphatic carboxylic acids is 3. The van der Waals surface area contributed by atoms with Gasteiger partial charge in [0.1, 0.15) is 17.5 Å². The monoisotopic (exact) mass is 1260 g/mol. The molecule has 0 radical (unpaired) electrons. The smallest absolute Gasteiger partial charge is 0.314 e. The minimum atomic E-state index is -0.850. The van der Waals surface area contributed by atoms with Gasteiger partial charge in [0.25, 0.3) is 0 Å². The lowest BCUT2D eigenvalue weighted by atomic mass is 9.65. The fraction of sp³-hybridized carbons (Fsp3) is 0.462. The Balaban J connectivity index is 0.000000153. The number of nitrogens with zero attached hydrogens (tertiary/aromatic N) is 6. The van der Waals surface area contributed by atoms with E-state index in [1.54, 1.807) is 36.4 Å². The van der Waals surface area contributed by atoms with Crippen LogP contribution in [-0.2, 0) is 46.9 Å². The molecule has 3 N–H and O–H groups in total. The molecule has 0 spiro atoms. The number of hydrogen-bond donors (Lipinski definition) is 3. The van der Waals surface area contributed by atoms with Crippen LogP contribution in [0.15, 0.2) is 164 Å². The number of carboxylic acids is 3. The molecular weight excluding hydrogens is 1170 g/mol. The highest BCUT2D eigenvalue weighted by atomic mass is 19.1. The molecular formula is C78H87F3N6O6. The Bertz CT molecular complexity index is 3270. The number of likely N-dealkylation sites (tertiary alicyclic amines) is 3. The molecule has 3 aliphatic heterocycles. The largest absolute Gasteiger partial charge is 0.481 e. The Labute approximate surface area is 546 Å². The maximum absolute atomic E-state index is 13.3. The van der Waals surface area contributed by atoms with Gasteiger partial charge in [-0.15, -0.1) is 0 Å². The third kappa shape index (κ3) is 13.4. The summed E-state index contributed by atoms with van der Waals surface area (Å²) in [5.74, 6) is -3.12. The van der Waals surface area contributed by atoms with Crippen LogP contribution in [0.3, 0.4) is 0 Å². The predicted molar refractivity (Wildman–Crippen MR) is 351 cm³/mol. The van der Waals surface area contributed by atoms with Gasteiger partial charge >= 0.3 is 17.9 Å². The van der Waals surface area contributed by atoms with Gasteiger partial charge in [0, 0.05) is 37.8 Å². The van der Waals surface area contributed by atoms with Crippen molar-refractivity contribution in [3.05, 3.63) is 215 Å². The molecule has 6 aromatic rings. The second kappa shape index (κ2) is 28.6. The van der Waals surface area contributed by atoms with Crippen LogP contribution in [0, 0.1) is 69.2 Å². The second-order valence-corrected chi connectivity index (χ2v) is 27.7.